The molecule has 0 bridgehead atoms. The van der Waals surface area contributed by atoms with Gasteiger partial charge in [0.05, 0.1) is 62.0 Å². The molecule has 4 aliphatic heterocycles. The number of methoxy groups -OCH3 is 2. The Kier molecular flexibility index (Phi) is 12.0. The van der Waals surface area contributed by atoms with Crippen LogP contribution < -0.4 is 59.1 Å². The molecule has 58 heavy (non-hydrogen) atoms. The molecule has 0 saturated heterocycles. The maximum absolute atomic E-state index is 13.8. The van der Waals surface area contributed by atoms with E-state index in [-0.39, 0.29) is 101 Å². The van der Waals surface area contributed by atoms with E-state index < -0.39 is 54.9 Å². The Bertz CT molecular complexity index is 2350. The van der Waals surface area contributed by atoms with Gasteiger partial charge >= 0.3 is 29.6 Å². The normalized spacial score (nSPS) is 21.1. The molecule has 0 saturated carbocycles. The monoisotopic (exact) mass is 879 g/mol. The number of fused-ring (bicyclic) bond motifs is 4. The van der Waals surface area contributed by atoms with Gasteiger partial charge < -0.3 is 39.4 Å². The van der Waals surface area contributed by atoms with Gasteiger partial charge in [-0.1, -0.05) is 12.1 Å². The average molecular weight is 880 g/mol. The topological polar surface area (TPSA) is 210 Å². The number of thiophene rings is 2. The Hall–Kier alpha value is -4.12. The molecule has 4 aliphatic rings. The molecule has 2 aromatic carbocycles. The first kappa shape index (κ1) is 42.0. The van der Waals surface area contributed by atoms with Crippen LogP contribution in [0.5, 0.6) is 23.0 Å². The molecular weight excluding hydrogens is 844 g/mol. The number of carbonyl (C=O) groups is 2. The Morgan fingerprint density at radius 3 is 1.45 bits per heavy atom. The molecule has 0 fully saturated rings. The Morgan fingerprint density at radius 1 is 0.690 bits per heavy atom. The molecule has 16 nitrogen and oxygen atoms in total. The number of benzene rings is 2. The van der Waals surface area contributed by atoms with E-state index >= 15 is 0 Å². The zero-order chi connectivity index (χ0) is 40.2. The third-order valence-electron chi connectivity index (χ3n) is 10.1. The van der Waals surface area contributed by atoms with Gasteiger partial charge in [-0.2, -0.15) is 16.8 Å². The van der Waals surface area contributed by atoms with Gasteiger partial charge in [0.2, 0.25) is 0 Å². The summed E-state index contributed by atoms with van der Waals surface area (Å²) in [5.74, 6) is -0.146. The zero-order valence-corrected chi connectivity index (χ0v) is 36.5. The van der Waals surface area contributed by atoms with E-state index in [1.165, 1.54) is 71.0 Å². The fourth-order valence-corrected chi connectivity index (χ4v) is 10.8. The molecule has 4 aromatic rings. The Morgan fingerprint density at radius 2 is 1.10 bits per heavy atom. The number of nitrogens with zero attached hydrogens (tertiary/aromatic N) is 2. The molecule has 0 aliphatic carbocycles. The fourth-order valence-electron chi connectivity index (χ4n) is 7.46. The number of ether oxygens (including phenoxy) is 4. The van der Waals surface area contributed by atoms with Gasteiger partial charge in [-0.25, -0.2) is 0 Å². The zero-order valence-electron chi connectivity index (χ0n) is 31.3. The van der Waals surface area contributed by atoms with Gasteiger partial charge in [-0.15, -0.1) is 22.7 Å². The second-order valence-electron chi connectivity index (χ2n) is 13.5. The molecule has 300 valence electrons. The average Bonchev–Trinajstić information content (AvgIpc) is 4.00. The molecule has 8 rings (SSSR count). The van der Waals surface area contributed by atoms with Crippen molar-refractivity contribution in [2.45, 2.75) is 42.1 Å². The van der Waals surface area contributed by atoms with E-state index in [0.717, 1.165) is 20.9 Å². The maximum Gasteiger partial charge on any atom is 1.00 e. The van der Waals surface area contributed by atoms with Crippen LogP contribution in [0.25, 0.3) is 11.1 Å². The summed E-state index contributed by atoms with van der Waals surface area (Å²) >= 11 is 2.92. The van der Waals surface area contributed by atoms with Crippen molar-refractivity contribution in [3.63, 3.8) is 0 Å². The summed E-state index contributed by atoms with van der Waals surface area (Å²) < 4.78 is 94.3. The minimum atomic E-state index is -4.69. The summed E-state index contributed by atoms with van der Waals surface area (Å²) in [6.45, 7) is 0.133. The number of amides is 2. The van der Waals surface area contributed by atoms with Crippen LogP contribution in [0.2, 0.25) is 0 Å². The Balaban J connectivity index is 0.00000512. The first-order valence-corrected chi connectivity index (χ1v) is 22.3. The molecule has 2 unspecified atom stereocenters. The molecule has 6 heterocycles. The van der Waals surface area contributed by atoms with E-state index in [1.807, 2.05) is 35.0 Å². The molecule has 21 heteroatoms. The molecule has 0 radical (unpaired) electrons. The smallest absolute Gasteiger partial charge is 0.493 e. The second kappa shape index (κ2) is 16.5. The second-order valence-corrected chi connectivity index (χ2v) is 18.5. The number of anilines is 2. The van der Waals surface area contributed by atoms with Crippen LogP contribution in [0, 0.1) is 0 Å². The number of rotatable bonds is 12. The van der Waals surface area contributed by atoms with Crippen molar-refractivity contribution in [1.82, 2.24) is 9.80 Å². The molecular formula is C37H36N4NaO12S4+. The predicted octanol–water partition coefficient (Wildman–Crippen LogP) is 2.47. The van der Waals surface area contributed by atoms with Crippen molar-refractivity contribution in [3.05, 3.63) is 92.6 Å². The molecule has 4 atom stereocenters. The molecule has 0 spiro atoms. The predicted molar refractivity (Wildman–Crippen MR) is 213 cm³/mol. The van der Waals surface area contributed by atoms with Crippen molar-refractivity contribution in [3.8, 4) is 23.0 Å². The molecule has 2 aromatic heterocycles. The van der Waals surface area contributed by atoms with Gasteiger partial charge in [0, 0.05) is 40.7 Å². The van der Waals surface area contributed by atoms with Gasteiger partial charge in [0.15, 0.2) is 33.7 Å². The largest absolute Gasteiger partial charge is 1.00 e. The van der Waals surface area contributed by atoms with Crippen molar-refractivity contribution in [2.24, 2.45) is 0 Å². The van der Waals surface area contributed by atoms with E-state index in [1.54, 1.807) is 12.4 Å². The van der Waals surface area contributed by atoms with E-state index in [2.05, 4.69) is 10.6 Å². The van der Waals surface area contributed by atoms with Crippen LogP contribution in [0.15, 0.2) is 71.7 Å². The van der Waals surface area contributed by atoms with Crippen molar-refractivity contribution >= 4 is 77.2 Å². The van der Waals surface area contributed by atoms with Crippen molar-refractivity contribution < 1.29 is 84.0 Å². The van der Waals surface area contributed by atoms with Crippen molar-refractivity contribution in [2.75, 3.05) is 38.1 Å². The van der Waals surface area contributed by atoms with Crippen LogP contribution >= 0.6 is 22.7 Å². The van der Waals surface area contributed by atoms with E-state index in [0.29, 0.717) is 6.42 Å². The Labute approximate surface area is 364 Å². The summed E-state index contributed by atoms with van der Waals surface area (Å²) in [6.07, 6.45) is 3.93. The van der Waals surface area contributed by atoms with Gasteiger partial charge in [-0.3, -0.25) is 18.7 Å². The van der Waals surface area contributed by atoms with Crippen LogP contribution in [-0.2, 0) is 20.2 Å². The standard InChI is InChI=1S/C37H36N4O12S4.Na/c1-50-28-14-22-24(38-34(56(44,45)46)26-12-20(18-40(26)36(22)42)32-6-3-10-54-32)16-30(28)52-8-5-9-53-31-17-25-23(15-29(31)51-2)37(43)41-19-21(33-7-4-11-55-33)13-27(41)35(39-25)57(47,48)49;/h3-4,6-7,10-11,14-19,26-27,34-35,38-39H,5,8-9,12-13H2,1-2H3,(H,44,45,46)(H,47,48,49);/q;+1/t26-,27-,34?,35?;/m0./s1. The van der Waals surface area contributed by atoms with Crippen LogP contribution in [0.3, 0.4) is 0 Å². The molecule has 4 N–H and O–H groups in total. The van der Waals surface area contributed by atoms with Crippen LogP contribution in [0.1, 0.15) is 49.7 Å². The third-order valence-corrected chi connectivity index (χ3v) is 14.2. The summed E-state index contributed by atoms with van der Waals surface area (Å²) in [4.78, 5) is 32.1. The van der Waals surface area contributed by atoms with Gasteiger partial charge in [-0.05, 0) is 59.0 Å². The number of nitrogens with one attached hydrogen (secondary N) is 2. The summed E-state index contributed by atoms with van der Waals surface area (Å²) in [5, 5.41) is 6.43. The quantitative estimate of drug-likeness (QED) is 0.0916. The van der Waals surface area contributed by atoms with Gasteiger partial charge in [0.1, 0.15) is 0 Å². The van der Waals surface area contributed by atoms with Crippen molar-refractivity contribution in [1.29, 1.82) is 0 Å². The van der Waals surface area contributed by atoms with E-state index in [4.69, 9.17) is 18.9 Å². The fraction of sp³-hybridized carbons (Fsp3) is 0.297. The maximum atomic E-state index is 13.8. The van der Waals surface area contributed by atoms with E-state index in [9.17, 15) is 35.5 Å². The summed E-state index contributed by atoms with van der Waals surface area (Å²) in [7, 11) is -6.57. The first-order chi connectivity index (χ1) is 27.2. The minimum Gasteiger partial charge on any atom is -0.493 e. The summed E-state index contributed by atoms with van der Waals surface area (Å²) in [6, 6.07) is 11.4. The number of carbonyl (C=O) groups excluding carboxylic acids is 2. The van der Waals surface area contributed by atoms with Gasteiger partial charge in [0.25, 0.3) is 32.1 Å². The minimum absolute atomic E-state index is 0. The SMILES string of the molecule is COc1cc2c(cc1OCCCOc1cc3c(cc1OC)C(=O)N1C=C(c4cccs4)C[C@H]1C(S(=O)(=O)O)N3)NC(S(=O)(=O)O)[C@@H]1CC(c3cccs3)=CN1C2=O.[Na+]. The number of hydrogen-bond acceptors (Lipinski definition) is 14. The van der Waals surface area contributed by atoms with Crippen LogP contribution in [0.4, 0.5) is 11.4 Å². The molecule has 2 amide bonds. The third kappa shape index (κ3) is 7.96. The van der Waals surface area contributed by atoms with Crippen LogP contribution in [-0.4, -0.2) is 97.8 Å². The first-order valence-electron chi connectivity index (χ1n) is 17.5. The number of hydrogen-bond donors (Lipinski definition) is 4. The summed E-state index contributed by atoms with van der Waals surface area (Å²) in [5.41, 5.74) is 2.06.